The summed E-state index contributed by atoms with van der Waals surface area (Å²) in [6, 6.07) is 13.4. The molecule has 4 nitrogen and oxygen atoms in total. The minimum absolute atomic E-state index is 0.453. The number of rotatable bonds is 3. The van der Waals surface area contributed by atoms with Crippen molar-refractivity contribution in [3.05, 3.63) is 59.4 Å². The van der Waals surface area contributed by atoms with Crippen LogP contribution in [0, 0.1) is 0 Å². The van der Waals surface area contributed by atoms with Gasteiger partial charge in [-0.25, -0.2) is 0 Å². The zero-order chi connectivity index (χ0) is 15.4. The maximum absolute atomic E-state index is 4.35. The number of fused-ring (bicyclic) bond motifs is 1. The number of hydrogen-bond donors (Lipinski definition) is 2. The van der Waals surface area contributed by atoms with Gasteiger partial charge in [0.15, 0.2) is 5.96 Å². The molecule has 0 spiro atoms. The molecule has 4 heteroatoms. The summed E-state index contributed by atoms with van der Waals surface area (Å²) in [7, 11) is 3.89. The second kappa shape index (κ2) is 6.69. The lowest BCUT2D eigenvalue weighted by molar-refractivity contribution is 0.520. The molecule has 3 rings (SSSR count). The Morgan fingerprint density at radius 3 is 2.77 bits per heavy atom. The number of guanidine groups is 1. The van der Waals surface area contributed by atoms with Crippen LogP contribution in [-0.4, -0.2) is 23.6 Å². The predicted molar refractivity (Wildman–Crippen MR) is 91.0 cm³/mol. The molecule has 0 aliphatic heterocycles. The highest BCUT2D eigenvalue weighted by Gasteiger charge is 2.18. The Labute approximate surface area is 132 Å². The number of nitrogens with one attached hydrogen (secondary N) is 2. The largest absolute Gasteiger partial charge is 0.353 e. The van der Waals surface area contributed by atoms with Gasteiger partial charge >= 0.3 is 0 Å². The highest BCUT2D eigenvalue weighted by atomic mass is 15.2. The van der Waals surface area contributed by atoms with Crippen LogP contribution in [0.1, 0.15) is 23.2 Å². The molecule has 1 aromatic carbocycles. The van der Waals surface area contributed by atoms with E-state index < -0.39 is 0 Å². The number of aryl methyl sites for hydroxylation is 2. The van der Waals surface area contributed by atoms with E-state index in [0.717, 1.165) is 31.8 Å². The van der Waals surface area contributed by atoms with Crippen molar-refractivity contribution >= 4 is 5.96 Å². The van der Waals surface area contributed by atoms with E-state index in [1.807, 2.05) is 7.05 Å². The summed E-state index contributed by atoms with van der Waals surface area (Å²) in [4.78, 5) is 4.35. The average Bonchev–Trinajstić information content (AvgIpc) is 2.96. The minimum atomic E-state index is 0.453. The molecule has 0 radical (unpaired) electrons. The Morgan fingerprint density at radius 1 is 1.23 bits per heavy atom. The molecule has 1 heterocycles. The molecule has 0 saturated heterocycles. The maximum atomic E-state index is 4.35. The number of hydrogen-bond acceptors (Lipinski definition) is 1. The van der Waals surface area contributed by atoms with E-state index >= 15 is 0 Å². The van der Waals surface area contributed by atoms with E-state index in [1.54, 1.807) is 0 Å². The molecule has 2 aromatic rings. The smallest absolute Gasteiger partial charge is 0.191 e. The van der Waals surface area contributed by atoms with Crippen LogP contribution in [0.25, 0.3) is 0 Å². The van der Waals surface area contributed by atoms with E-state index in [-0.39, 0.29) is 0 Å². The highest BCUT2D eigenvalue weighted by molar-refractivity contribution is 5.80. The highest BCUT2D eigenvalue weighted by Crippen LogP contribution is 2.20. The summed E-state index contributed by atoms with van der Waals surface area (Å²) >= 11 is 0. The van der Waals surface area contributed by atoms with E-state index in [9.17, 15) is 0 Å². The van der Waals surface area contributed by atoms with Gasteiger partial charge in [0, 0.05) is 32.0 Å². The van der Waals surface area contributed by atoms with Crippen LogP contribution in [0.2, 0.25) is 0 Å². The van der Waals surface area contributed by atoms with Gasteiger partial charge in [0.2, 0.25) is 0 Å². The zero-order valence-electron chi connectivity index (χ0n) is 13.3. The summed E-state index contributed by atoms with van der Waals surface area (Å²) in [5, 5.41) is 6.96. The third-order valence-electron chi connectivity index (χ3n) is 4.40. The van der Waals surface area contributed by atoms with Crippen molar-refractivity contribution in [1.82, 2.24) is 15.2 Å². The van der Waals surface area contributed by atoms with E-state index in [4.69, 9.17) is 0 Å². The van der Waals surface area contributed by atoms with Crippen molar-refractivity contribution < 1.29 is 0 Å². The summed E-state index contributed by atoms with van der Waals surface area (Å²) in [6.45, 7) is 0.784. The van der Waals surface area contributed by atoms with Gasteiger partial charge in [0.1, 0.15) is 0 Å². The monoisotopic (exact) mass is 296 g/mol. The van der Waals surface area contributed by atoms with Gasteiger partial charge in [-0.3, -0.25) is 4.99 Å². The first kappa shape index (κ1) is 14.7. The van der Waals surface area contributed by atoms with Crippen LogP contribution < -0.4 is 10.6 Å². The molecule has 0 amide bonds. The van der Waals surface area contributed by atoms with Crippen molar-refractivity contribution in [3.8, 4) is 0 Å². The van der Waals surface area contributed by atoms with E-state index in [2.05, 4.69) is 69.8 Å². The maximum Gasteiger partial charge on any atom is 0.191 e. The molecule has 0 saturated carbocycles. The quantitative estimate of drug-likeness (QED) is 0.674. The van der Waals surface area contributed by atoms with Crippen molar-refractivity contribution in [2.45, 2.75) is 31.8 Å². The number of nitrogens with zero attached hydrogens (tertiary/aromatic N) is 2. The first-order chi connectivity index (χ1) is 10.8. The predicted octanol–water partition coefficient (Wildman–Crippen LogP) is 2.25. The number of aromatic nitrogens is 1. The normalized spacial score (nSPS) is 17.9. The molecule has 116 valence electrons. The van der Waals surface area contributed by atoms with Crippen molar-refractivity contribution in [2.75, 3.05) is 7.05 Å². The lowest BCUT2D eigenvalue weighted by atomic mass is 9.88. The molecule has 2 N–H and O–H groups in total. The second-order valence-electron chi connectivity index (χ2n) is 5.89. The summed E-state index contributed by atoms with van der Waals surface area (Å²) in [5.74, 6) is 0.880. The fourth-order valence-corrected chi connectivity index (χ4v) is 3.06. The summed E-state index contributed by atoms with van der Waals surface area (Å²) < 4.78 is 2.12. The van der Waals surface area contributed by atoms with Crippen LogP contribution in [-0.2, 0) is 26.4 Å². The van der Waals surface area contributed by atoms with Gasteiger partial charge < -0.3 is 15.2 Å². The van der Waals surface area contributed by atoms with Crippen molar-refractivity contribution in [2.24, 2.45) is 12.0 Å². The molecule has 0 fully saturated rings. The van der Waals surface area contributed by atoms with E-state index in [0.29, 0.717) is 6.04 Å². The first-order valence-electron chi connectivity index (χ1n) is 7.90. The molecule has 0 bridgehead atoms. The third kappa shape index (κ3) is 3.32. The second-order valence-corrected chi connectivity index (χ2v) is 5.89. The van der Waals surface area contributed by atoms with Crippen LogP contribution >= 0.6 is 0 Å². The Balaban J connectivity index is 1.57. The van der Waals surface area contributed by atoms with Crippen LogP contribution in [0.4, 0.5) is 0 Å². The van der Waals surface area contributed by atoms with Crippen molar-refractivity contribution in [3.63, 3.8) is 0 Å². The van der Waals surface area contributed by atoms with Crippen LogP contribution in [0.5, 0.6) is 0 Å². The molecule has 1 aliphatic carbocycles. The van der Waals surface area contributed by atoms with Gasteiger partial charge in [0.05, 0.1) is 6.54 Å². The fraction of sp³-hybridized carbons (Fsp3) is 0.389. The molecular formula is C18H24N4. The minimum Gasteiger partial charge on any atom is -0.353 e. The molecule has 1 aliphatic rings. The molecular weight excluding hydrogens is 272 g/mol. The third-order valence-corrected chi connectivity index (χ3v) is 4.40. The van der Waals surface area contributed by atoms with Crippen LogP contribution in [0.3, 0.4) is 0 Å². The summed E-state index contributed by atoms with van der Waals surface area (Å²) in [6.07, 6.45) is 5.43. The van der Waals surface area contributed by atoms with Gasteiger partial charge in [0.25, 0.3) is 0 Å². The standard InChI is InChI=1S/C18H24N4/c1-19-18(20-13-17-8-5-11-22(17)2)21-16-10-9-14-6-3-4-7-15(14)12-16/h3-8,11,16H,9-10,12-13H2,1-2H3,(H2,19,20,21). The van der Waals surface area contributed by atoms with Gasteiger partial charge in [-0.15, -0.1) is 0 Å². The Kier molecular flexibility index (Phi) is 4.47. The number of benzene rings is 1. The molecule has 1 atom stereocenters. The lowest BCUT2D eigenvalue weighted by Gasteiger charge is -2.27. The molecule has 1 aromatic heterocycles. The molecule has 22 heavy (non-hydrogen) atoms. The Hall–Kier alpha value is -2.23. The summed E-state index contributed by atoms with van der Waals surface area (Å²) in [5.41, 5.74) is 4.20. The Bertz CT molecular complexity index is 657. The van der Waals surface area contributed by atoms with E-state index in [1.165, 1.54) is 16.8 Å². The first-order valence-corrected chi connectivity index (χ1v) is 7.90. The lowest BCUT2D eigenvalue weighted by Crippen LogP contribution is -2.45. The van der Waals surface area contributed by atoms with Crippen molar-refractivity contribution in [1.29, 1.82) is 0 Å². The van der Waals surface area contributed by atoms with Gasteiger partial charge in [-0.2, -0.15) is 0 Å². The SMILES string of the molecule is CN=C(NCc1cccn1C)NC1CCc2ccccc2C1. The van der Waals surface area contributed by atoms with Crippen LogP contribution in [0.15, 0.2) is 47.6 Å². The van der Waals surface area contributed by atoms with Gasteiger partial charge in [-0.05, 0) is 42.5 Å². The molecule has 1 unspecified atom stereocenters. The Morgan fingerprint density at radius 2 is 2.05 bits per heavy atom. The number of aliphatic imine (C=N–C) groups is 1. The topological polar surface area (TPSA) is 41.4 Å². The fourth-order valence-electron chi connectivity index (χ4n) is 3.06. The zero-order valence-corrected chi connectivity index (χ0v) is 13.3. The average molecular weight is 296 g/mol. The van der Waals surface area contributed by atoms with Gasteiger partial charge in [-0.1, -0.05) is 24.3 Å².